The van der Waals surface area contributed by atoms with Gasteiger partial charge in [0, 0.05) is 36.6 Å². The van der Waals surface area contributed by atoms with E-state index >= 15 is 4.39 Å². The number of piperidine rings is 1. The highest BCUT2D eigenvalue weighted by Gasteiger charge is 2.22. The van der Waals surface area contributed by atoms with Crippen LogP contribution in [0, 0.1) is 11.6 Å². The number of ether oxygens (including phenoxy) is 1. The van der Waals surface area contributed by atoms with Gasteiger partial charge in [0.25, 0.3) is 0 Å². The maximum Gasteiger partial charge on any atom is 0.325 e. The number of aryl methyl sites for hydroxylation is 1. The van der Waals surface area contributed by atoms with Crippen LogP contribution in [0.25, 0.3) is 5.52 Å². The molecular formula is C34H38F2N8O4. The van der Waals surface area contributed by atoms with Crippen LogP contribution in [-0.2, 0) is 29.0 Å². The monoisotopic (exact) mass is 660 g/mol. The minimum absolute atomic E-state index is 0.0954. The second-order valence-electron chi connectivity index (χ2n) is 11.6. The molecule has 0 atom stereocenters. The quantitative estimate of drug-likeness (QED) is 0.123. The number of unbranched alkanes of at least 4 members (excludes halogenated alkanes) is 1. The Morgan fingerprint density at radius 3 is 2.56 bits per heavy atom. The number of imide groups is 1. The zero-order valence-electron chi connectivity index (χ0n) is 26.4. The van der Waals surface area contributed by atoms with Gasteiger partial charge in [0.15, 0.2) is 11.6 Å². The van der Waals surface area contributed by atoms with E-state index in [4.69, 9.17) is 10.5 Å². The Labute approximate surface area is 276 Å². The fourth-order valence-electron chi connectivity index (χ4n) is 5.49. The highest BCUT2D eigenvalue weighted by molar-refractivity contribution is 6.01. The summed E-state index contributed by atoms with van der Waals surface area (Å²) in [5.41, 5.74) is 9.21. The fourth-order valence-corrected chi connectivity index (χ4v) is 5.49. The number of benzene rings is 2. The van der Waals surface area contributed by atoms with Crippen molar-refractivity contribution in [2.75, 3.05) is 25.0 Å². The maximum absolute atomic E-state index is 15.3. The number of rotatable bonds is 13. The van der Waals surface area contributed by atoms with Crippen LogP contribution < -0.4 is 26.4 Å². The van der Waals surface area contributed by atoms with Gasteiger partial charge in [0.05, 0.1) is 6.42 Å². The van der Waals surface area contributed by atoms with E-state index in [1.807, 2.05) is 0 Å². The van der Waals surface area contributed by atoms with Gasteiger partial charge in [-0.2, -0.15) is 10.1 Å². The van der Waals surface area contributed by atoms with Crippen LogP contribution >= 0.6 is 0 Å². The second-order valence-corrected chi connectivity index (χ2v) is 11.6. The first-order chi connectivity index (χ1) is 23.2. The van der Waals surface area contributed by atoms with Gasteiger partial charge in [-0.05, 0) is 92.7 Å². The lowest BCUT2D eigenvalue weighted by Gasteiger charge is -2.29. The molecule has 48 heavy (non-hydrogen) atoms. The standard InChI is InChI=1S/C34H38F2N8O4/c1-2-30(45)38-14-4-3-5-27-18-23(20-43-15-12-25(37)13-16-43)32-33(39-21-40-44(27)32)48-29-11-10-26(19-28(29)36)41-34(47)42-31(46)17-22-6-8-24(35)9-7-22/h2,6-11,18-19,21,25H,1,3-5,12-17,20,37H2,(H,38,45)(H2,41,42,46,47). The summed E-state index contributed by atoms with van der Waals surface area (Å²) in [6, 6.07) is 10.6. The van der Waals surface area contributed by atoms with E-state index in [9.17, 15) is 18.8 Å². The predicted octanol–water partition coefficient (Wildman–Crippen LogP) is 4.24. The molecule has 0 saturated carbocycles. The SMILES string of the molecule is C=CC(=O)NCCCCc1cc(CN2CCC(N)CC2)c2c(Oc3ccc(NC(=O)NC(=O)Cc4ccc(F)cc4)cc3F)ncnn12. The molecule has 0 unspecified atom stereocenters. The number of hydrogen-bond acceptors (Lipinski definition) is 8. The molecule has 252 valence electrons. The molecule has 0 aliphatic carbocycles. The number of carbonyl (C=O) groups is 3. The first-order valence-electron chi connectivity index (χ1n) is 15.7. The second kappa shape index (κ2) is 16.1. The molecule has 1 saturated heterocycles. The van der Waals surface area contributed by atoms with Gasteiger partial charge in [-0.15, -0.1) is 0 Å². The van der Waals surface area contributed by atoms with Gasteiger partial charge in [0.2, 0.25) is 17.7 Å². The normalized spacial score (nSPS) is 13.6. The van der Waals surface area contributed by atoms with E-state index in [2.05, 4.69) is 43.6 Å². The third-order valence-corrected chi connectivity index (χ3v) is 7.97. The number of hydrogen-bond donors (Lipinski definition) is 4. The molecule has 1 aliphatic rings. The van der Waals surface area contributed by atoms with Gasteiger partial charge < -0.3 is 21.1 Å². The summed E-state index contributed by atoms with van der Waals surface area (Å²) in [4.78, 5) is 42.7. The van der Waals surface area contributed by atoms with Crippen molar-refractivity contribution >= 4 is 29.0 Å². The summed E-state index contributed by atoms with van der Waals surface area (Å²) in [7, 11) is 0. The minimum atomic E-state index is -0.847. The molecule has 1 aliphatic heterocycles. The van der Waals surface area contributed by atoms with Crippen molar-refractivity contribution in [1.82, 2.24) is 30.1 Å². The molecule has 14 heteroatoms. The van der Waals surface area contributed by atoms with Crippen molar-refractivity contribution in [3.8, 4) is 11.6 Å². The van der Waals surface area contributed by atoms with Gasteiger partial charge in [-0.25, -0.2) is 18.1 Å². The van der Waals surface area contributed by atoms with Crippen LogP contribution in [-0.4, -0.2) is 63.0 Å². The number of nitrogens with two attached hydrogens (primary N) is 1. The molecule has 12 nitrogen and oxygen atoms in total. The van der Waals surface area contributed by atoms with Gasteiger partial charge in [-0.3, -0.25) is 19.8 Å². The fraction of sp³-hybridized carbons (Fsp3) is 0.324. The molecule has 1 fully saturated rings. The third kappa shape index (κ3) is 9.20. The summed E-state index contributed by atoms with van der Waals surface area (Å²) < 4.78 is 36.2. The number of halogens is 2. The van der Waals surface area contributed by atoms with Crippen LogP contribution in [0.2, 0.25) is 0 Å². The molecule has 5 N–H and O–H groups in total. The summed E-state index contributed by atoms with van der Waals surface area (Å²) in [5.74, 6) is -1.97. The topological polar surface area (TPSA) is 156 Å². The zero-order chi connectivity index (χ0) is 34.0. The Kier molecular flexibility index (Phi) is 11.4. The molecule has 5 rings (SSSR count). The number of nitrogens with zero attached hydrogens (tertiary/aromatic N) is 4. The maximum atomic E-state index is 15.3. The Morgan fingerprint density at radius 1 is 1.06 bits per heavy atom. The summed E-state index contributed by atoms with van der Waals surface area (Å²) in [6.07, 6.45) is 6.46. The lowest BCUT2D eigenvalue weighted by atomic mass is 10.1. The van der Waals surface area contributed by atoms with Crippen molar-refractivity contribution in [2.24, 2.45) is 5.73 Å². The number of fused-ring (bicyclic) bond motifs is 1. The van der Waals surface area contributed by atoms with Crippen LogP contribution in [0.4, 0.5) is 19.3 Å². The zero-order valence-corrected chi connectivity index (χ0v) is 26.4. The first kappa shape index (κ1) is 34.1. The van der Waals surface area contributed by atoms with E-state index in [1.54, 1.807) is 4.52 Å². The number of nitrogens with one attached hydrogen (secondary N) is 3. The molecule has 2 aromatic heterocycles. The molecule has 0 radical (unpaired) electrons. The highest BCUT2D eigenvalue weighted by Crippen LogP contribution is 2.32. The van der Waals surface area contributed by atoms with E-state index in [1.165, 1.54) is 48.8 Å². The largest absolute Gasteiger partial charge is 0.434 e. The van der Waals surface area contributed by atoms with E-state index in [0.717, 1.165) is 56.1 Å². The van der Waals surface area contributed by atoms with Crippen LogP contribution in [0.1, 0.15) is 42.5 Å². The molecule has 4 aromatic rings. The number of aromatic nitrogens is 3. The number of amides is 4. The number of urea groups is 1. The highest BCUT2D eigenvalue weighted by atomic mass is 19.1. The van der Waals surface area contributed by atoms with E-state index in [-0.39, 0.29) is 35.7 Å². The van der Waals surface area contributed by atoms with E-state index in [0.29, 0.717) is 30.6 Å². The number of likely N-dealkylation sites (tertiary alicyclic amines) is 1. The molecule has 3 heterocycles. The van der Waals surface area contributed by atoms with Crippen molar-refractivity contribution in [2.45, 2.75) is 51.1 Å². The van der Waals surface area contributed by atoms with Crippen molar-refractivity contribution < 1.29 is 27.9 Å². The summed E-state index contributed by atoms with van der Waals surface area (Å²) >= 11 is 0. The van der Waals surface area contributed by atoms with Crippen LogP contribution in [0.3, 0.4) is 0 Å². The van der Waals surface area contributed by atoms with Crippen molar-refractivity contribution in [3.05, 3.63) is 96.0 Å². The van der Waals surface area contributed by atoms with Gasteiger partial charge in [0.1, 0.15) is 17.7 Å². The van der Waals surface area contributed by atoms with Crippen LogP contribution in [0.15, 0.2) is 67.5 Å². The molecule has 0 spiro atoms. The van der Waals surface area contributed by atoms with Crippen molar-refractivity contribution in [3.63, 3.8) is 0 Å². The van der Waals surface area contributed by atoms with E-state index < -0.39 is 23.6 Å². The smallest absolute Gasteiger partial charge is 0.325 e. The van der Waals surface area contributed by atoms with Gasteiger partial charge in [-0.1, -0.05) is 18.7 Å². The molecule has 4 amide bonds. The summed E-state index contributed by atoms with van der Waals surface area (Å²) in [5, 5.41) is 11.9. The Bertz CT molecular complexity index is 1770. The Morgan fingerprint density at radius 2 is 1.83 bits per heavy atom. The third-order valence-electron chi connectivity index (χ3n) is 7.97. The van der Waals surface area contributed by atoms with Crippen molar-refractivity contribution in [1.29, 1.82) is 0 Å². The Balaban J connectivity index is 1.28. The minimum Gasteiger partial charge on any atom is -0.434 e. The molecule has 0 bridgehead atoms. The Hall–Kier alpha value is -5.21. The average molecular weight is 661 g/mol. The first-order valence-corrected chi connectivity index (χ1v) is 15.7. The molecular weight excluding hydrogens is 622 g/mol. The average Bonchev–Trinajstić information content (AvgIpc) is 3.41. The van der Waals surface area contributed by atoms with Crippen LogP contribution in [0.5, 0.6) is 11.6 Å². The number of anilines is 1. The lowest BCUT2D eigenvalue weighted by Crippen LogP contribution is -2.39. The van der Waals surface area contributed by atoms with Gasteiger partial charge >= 0.3 is 6.03 Å². The summed E-state index contributed by atoms with van der Waals surface area (Å²) in [6.45, 7) is 6.28. The number of carbonyl (C=O) groups excluding carboxylic acids is 3. The predicted molar refractivity (Wildman–Crippen MR) is 175 cm³/mol. The lowest BCUT2D eigenvalue weighted by molar-refractivity contribution is -0.119. The molecule has 2 aromatic carbocycles.